The zero-order valence-electron chi connectivity index (χ0n) is 12.6. The molecule has 1 saturated carbocycles. The van der Waals surface area contributed by atoms with E-state index in [0.717, 1.165) is 11.8 Å². The second kappa shape index (κ2) is 7.31. The Hall–Kier alpha value is -0.330. The van der Waals surface area contributed by atoms with E-state index >= 15 is 0 Å². The summed E-state index contributed by atoms with van der Waals surface area (Å²) in [5.74, 6) is 1.82. The van der Waals surface area contributed by atoms with Gasteiger partial charge in [-0.15, -0.1) is 0 Å². The molecule has 0 aromatic rings. The minimum Gasteiger partial charge on any atom is -0.239 e. The van der Waals surface area contributed by atoms with Crippen LogP contribution in [0, 0.1) is 11.8 Å². The summed E-state index contributed by atoms with van der Waals surface area (Å²) >= 11 is 0. The van der Waals surface area contributed by atoms with E-state index in [4.69, 9.17) is 0 Å². The molecule has 1 heteroatoms. The fraction of sp³-hybridized carbons (Fsp3) is 0.941. The van der Waals surface area contributed by atoms with Crippen molar-refractivity contribution in [2.24, 2.45) is 11.8 Å². The van der Waals surface area contributed by atoms with Gasteiger partial charge < -0.3 is 0 Å². The molecule has 1 heterocycles. The van der Waals surface area contributed by atoms with Crippen LogP contribution >= 0.6 is 0 Å². The van der Waals surface area contributed by atoms with Gasteiger partial charge in [-0.1, -0.05) is 39.0 Å². The highest BCUT2D eigenvalue weighted by molar-refractivity contribution is 5.82. The van der Waals surface area contributed by atoms with E-state index < -0.39 is 0 Å². The highest BCUT2D eigenvalue weighted by Gasteiger charge is 2.29. The summed E-state index contributed by atoms with van der Waals surface area (Å²) in [6.45, 7) is 3.81. The Balaban J connectivity index is 2.11. The van der Waals surface area contributed by atoms with Crippen molar-refractivity contribution < 1.29 is 4.58 Å². The molecule has 2 atom stereocenters. The Morgan fingerprint density at radius 2 is 1.50 bits per heavy atom. The lowest BCUT2D eigenvalue weighted by Crippen LogP contribution is -2.30. The van der Waals surface area contributed by atoms with Gasteiger partial charge in [0.2, 0.25) is 0 Å². The third-order valence-corrected chi connectivity index (χ3v) is 5.21. The Morgan fingerprint density at radius 3 is 2.39 bits per heavy atom. The van der Waals surface area contributed by atoms with Crippen LogP contribution in [0.25, 0.3) is 0 Å². The largest absolute Gasteiger partial charge is 0.239 e. The van der Waals surface area contributed by atoms with Crippen LogP contribution in [-0.4, -0.2) is 23.9 Å². The molecule has 0 bridgehead atoms. The summed E-state index contributed by atoms with van der Waals surface area (Å²) in [4.78, 5) is 0. The van der Waals surface area contributed by atoms with Gasteiger partial charge in [0.05, 0.1) is 0 Å². The fourth-order valence-electron chi connectivity index (χ4n) is 3.98. The highest BCUT2D eigenvalue weighted by atomic mass is 15.0. The SMILES string of the molecule is CC1CCCCCC1C1=[N+](C)CCCCCCC1. The molecule has 1 nitrogen and oxygen atoms in total. The summed E-state index contributed by atoms with van der Waals surface area (Å²) in [5, 5.41) is 0. The van der Waals surface area contributed by atoms with Gasteiger partial charge in [0.15, 0.2) is 5.71 Å². The number of nitrogens with zero attached hydrogens (tertiary/aromatic N) is 1. The van der Waals surface area contributed by atoms with Crippen molar-refractivity contribution in [1.82, 2.24) is 0 Å². The Labute approximate surface area is 114 Å². The van der Waals surface area contributed by atoms with Gasteiger partial charge >= 0.3 is 0 Å². The molecule has 1 aliphatic carbocycles. The van der Waals surface area contributed by atoms with Crippen LogP contribution in [-0.2, 0) is 0 Å². The number of rotatable bonds is 1. The number of hydrogen-bond acceptors (Lipinski definition) is 0. The summed E-state index contributed by atoms with van der Waals surface area (Å²) in [6.07, 6.45) is 15.9. The topological polar surface area (TPSA) is 3.01 Å². The normalized spacial score (nSPS) is 32.3. The van der Waals surface area contributed by atoms with Crippen LogP contribution in [0.15, 0.2) is 0 Å². The Kier molecular flexibility index (Phi) is 5.72. The average Bonchev–Trinajstić information content (AvgIpc) is 2.50. The first-order chi connectivity index (χ1) is 8.79. The van der Waals surface area contributed by atoms with Gasteiger partial charge in [-0.25, -0.2) is 4.58 Å². The van der Waals surface area contributed by atoms with E-state index in [1.165, 1.54) is 77.2 Å². The Morgan fingerprint density at radius 1 is 0.833 bits per heavy atom. The lowest BCUT2D eigenvalue weighted by molar-refractivity contribution is -0.501. The molecular weight excluding hydrogens is 218 g/mol. The van der Waals surface area contributed by atoms with E-state index in [1.807, 2.05) is 5.71 Å². The summed E-state index contributed by atoms with van der Waals surface area (Å²) in [6, 6.07) is 0. The van der Waals surface area contributed by atoms with Gasteiger partial charge in [0, 0.05) is 18.8 Å². The van der Waals surface area contributed by atoms with Crippen LogP contribution in [0.1, 0.15) is 77.6 Å². The van der Waals surface area contributed by atoms with Gasteiger partial charge in [0.25, 0.3) is 0 Å². The van der Waals surface area contributed by atoms with Crippen LogP contribution in [0.2, 0.25) is 0 Å². The lowest BCUT2D eigenvalue weighted by Gasteiger charge is -2.22. The standard InChI is InChI=1S/C17H32N/c1-15-11-7-6-8-12-16(15)17-13-9-4-3-5-10-14-18(17)2/h15-16H,3-14H2,1-2H3/q+1. The van der Waals surface area contributed by atoms with Crippen molar-refractivity contribution in [3.05, 3.63) is 0 Å². The molecule has 2 aliphatic rings. The molecule has 0 radical (unpaired) electrons. The quantitative estimate of drug-likeness (QED) is 0.471. The molecule has 104 valence electrons. The first-order valence-corrected chi connectivity index (χ1v) is 8.36. The third-order valence-electron chi connectivity index (χ3n) is 5.21. The molecule has 0 aromatic carbocycles. The first kappa shape index (κ1) is 14.1. The van der Waals surface area contributed by atoms with Crippen LogP contribution in [0.4, 0.5) is 0 Å². The fourth-order valence-corrected chi connectivity index (χ4v) is 3.98. The van der Waals surface area contributed by atoms with Crippen LogP contribution in [0.3, 0.4) is 0 Å². The first-order valence-electron chi connectivity index (χ1n) is 8.36. The van der Waals surface area contributed by atoms with Crippen molar-refractivity contribution >= 4 is 5.71 Å². The lowest BCUT2D eigenvalue weighted by atomic mass is 9.83. The zero-order chi connectivity index (χ0) is 12.8. The van der Waals surface area contributed by atoms with Crippen molar-refractivity contribution in [3.63, 3.8) is 0 Å². The molecule has 0 N–H and O–H groups in total. The van der Waals surface area contributed by atoms with Crippen LogP contribution in [0.5, 0.6) is 0 Å². The maximum Gasteiger partial charge on any atom is 0.155 e. The molecule has 0 spiro atoms. The monoisotopic (exact) mass is 250 g/mol. The number of hydrogen-bond donors (Lipinski definition) is 0. The van der Waals surface area contributed by atoms with Crippen molar-refractivity contribution in [1.29, 1.82) is 0 Å². The molecule has 0 saturated heterocycles. The maximum atomic E-state index is 2.64. The summed E-state index contributed by atoms with van der Waals surface area (Å²) in [5.41, 5.74) is 1.81. The van der Waals surface area contributed by atoms with E-state index in [9.17, 15) is 0 Å². The summed E-state index contributed by atoms with van der Waals surface area (Å²) in [7, 11) is 2.36. The van der Waals surface area contributed by atoms with Crippen molar-refractivity contribution in [3.8, 4) is 0 Å². The molecule has 0 amide bonds. The van der Waals surface area contributed by atoms with Gasteiger partial charge in [-0.05, 0) is 31.6 Å². The molecule has 1 aliphatic heterocycles. The molecule has 2 unspecified atom stereocenters. The minimum absolute atomic E-state index is 0.899. The zero-order valence-corrected chi connectivity index (χ0v) is 12.6. The summed E-state index contributed by atoms with van der Waals surface area (Å²) < 4.78 is 2.64. The van der Waals surface area contributed by atoms with E-state index in [0.29, 0.717) is 0 Å². The van der Waals surface area contributed by atoms with Gasteiger partial charge in [-0.2, -0.15) is 0 Å². The van der Waals surface area contributed by atoms with E-state index in [1.54, 1.807) is 0 Å². The maximum absolute atomic E-state index is 2.64. The van der Waals surface area contributed by atoms with Gasteiger partial charge in [-0.3, -0.25) is 0 Å². The van der Waals surface area contributed by atoms with E-state index in [2.05, 4.69) is 18.5 Å². The Bertz CT molecular complexity index is 279. The highest BCUT2D eigenvalue weighted by Crippen LogP contribution is 2.31. The third kappa shape index (κ3) is 3.83. The predicted octanol–water partition coefficient (Wildman–Crippen LogP) is 4.64. The minimum atomic E-state index is 0.899. The molecular formula is C17H32N+. The predicted molar refractivity (Wildman–Crippen MR) is 79.5 cm³/mol. The second-order valence-corrected chi connectivity index (χ2v) is 6.65. The van der Waals surface area contributed by atoms with Crippen LogP contribution < -0.4 is 0 Å². The molecule has 0 aromatic heterocycles. The molecule has 1 fully saturated rings. The average molecular weight is 250 g/mol. The van der Waals surface area contributed by atoms with Gasteiger partial charge in [0.1, 0.15) is 13.6 Å². The van der Waals surface area contributed by atoms with E-state index in [-0.39, 0.29) is 0 Å². The molecule has 18 heavy (non-hydrogen) atoms. The van der Waals surface area contributed by atoms with Crippen molar-refractivity contribution in [2.45, 2.75) is 77.6 Å². The smallest absolute Gasteiger partial charge is 0.155 e. The van der Waals surface area contributed by atoms with Crippen molar-refractivity contribution in [2.75, 3.05) is 13.6 Å². The molecule has 2 rings (SSSR count). The second-order valence-electron chi connectivity index (χ2n) is 6.65.